The molecule has 0 spiro atoms. The molecule has 0 amide bonds. The average Bonchev–Trinajstić information content (AvgIpc) is 3.29. The van der Waals surface area contributed by atoms with Gasteiger partial charge in [0, 0.05) is 22.6 Å². The molecular formula is C38H13BF20N4O2. The van der Waals surface area contributed by atoms with Crippen molar-refractivity contribution in [1.82, 2.24) is 0 Å². The average molecular weight is 948 g/mol. The number of ether oxygens (including phenoxy) is 1. The smallest absolute Gasteiger partial charge is 0.338 e. The van der Waals surface area contributed by atoms with Gasteiger partial charge in [-0.3, -0.25) is 0 Å². The number of esters is 1. The van der Waals surface area contributed by atoms with Crippen LogP contribution >= 0.6 is 0 Å². The lowest BCUT2D eigenvalue weighted by atomic mass is 9.12. The number of azide groups is 1. The fourth-order valence-electron chi connectivity index (χ4n) is 6.56. The Morgan fingerprint density at radius 2 is 0.738 bits per heavy atom. The van der Waals surface area contributed by atoms with E-state index in [0.717, 1.165) is 6.54 Å². The predicted molar refractivity (Wildman–Crippen MR) is 181 cm³/mol. The zero-order chi connectivity index (χ0) is 48.6. The van der Waals surface area contributed by atoms with Gasteiger partial charge in [0.2, 0.25) is 0 Å². The van der Waals surface area contributed by atoms with Crippen LogP contribution in [-0.2, 0) is 11.3 Å². The number of nitrogens with zero attached hydrogens (tertiary/aromatic N) is 4. The van der Waals surface area contributed by atoms with Gasteiger partial charge >= 0.3 is 5.97 Å². The monoisotopic (exact) mass is 948 g/mol. The fraction of sp³-hybridized carbons (Fsp3) is 0.0526. The van der Waals surface area contributed by atoms with Gasteiger partial charge in [0.1, 0.15) is 52.7 Å². The van der Waals surface area contributed by atoms with E-state index in [1.807, 2.05) is 34.9 Å². The van der Waals surface area contributed by atoms with E-state index in [2.05, 4.69) is 10.0 Å². The molecule has 0 saturated heterocycles. The van der Waals surface area contributed by atoms with E-state index >= 15 is 35.1 Å². The highest BCUT2D eigenvalue weighted by Gasteiger charge is 2.52. The third-order valence-corrected chi connectivity index (χ3v) is 9.36. The fourth-order valence-corrected chi connectivity index (χ4v) is 6.56. The second-order valence-electron chi connectivity index (χ2n) is 12.8. The molecule has 6 nitrogen and oxygen atoms in total. The number of benzene rings is 5. The van der Waals surface area contributed by atoms with E-state index in [-0.39, 0.29) is 6.73 Å². The van der Waals surface area contributed by atoms with Crippen molar-refractivity contribution in [2.45, 2.75) is 6.54 Å². The molecule has 340 valence electrons. The highest BCUT2D eigenvalue weighted by atomic mass is 19.2. The van der Waals surface area contributed by atoms with E-state index in [4.69, 9.17) is 10.3 Å². The van der Waals surface area contributed by atoms with Gasteiger partial charge < -0.3 is 4.74 Å². The van der Waals surface area contributed by atoms with Gasteiger partial charge in [-0.1, -0.05) is 35.4 Å². The van der Waals surface area contributed by atoms with Crippen LogP contribution in [0.2, 0.25) is 0 Å². The zero-order valence-corrected chi connectivity index (χ0v) is 30.9. The second-order valence-corrected chi connectivity index (χ2v) is 12.8. The topological polar surface area (TPSA) is 78.9 Å². The highest BCUT2D eigenvalue weighted by molar-refractivity contribution is 7.20. The largest absolute Gasteiger partial charge is 0.456 e. The molecular weight excluding hydrogens is 935 g/mol. The van der Waals surface area contributed by atoms with Crippen LogP contribution in [-0.4, -0.2) is 18.8 Å². The Bertz CT molecular complexity index is 2550. The maximum absolute atomic E-state index is 15.4. The first-order valence-corrected chi connectivity index (χ1v) is 16.9. The van der Waals surface area contributed by atoms with E-state index in [1.165, 1.54) is 5.56 Å². The number of carbonyl (C=O) groups excluding carboxylic acids is 1. The van der Waals surface area contributed by atoms with Crippen LogP contribution in [0.15, 0.2) is 60.0 Å². The first kappa shape index (κ1) is 48.7. The van der Waals surface area contributed by atoms with Crippen molar-refractivity contribution in [1.29, 1.82) is 0 Å². The molecule has 0 aliphatic heterocycles. The highest BCUT2D eigenvalue weighted by Crippen LogP contribution is 2.30. The first-order chi connectivity index (χ1) is 30.5. The van der Waals surface area contributed by atoms with Gasteiger partial charge in [-0.25, -0.2) is 97.2 Å². The van der Waals surface area contributed by atoms with Crippen LogP contribution in [0.25, 0.3) is 10.4 Å². The van der Waals surface area contributed by atoms with Crippen LogP contribution < -0.4 is 26.4 Å². The molecule has 0 radical (unpaired) electrons. The number of pyridine rings is 1. The molecule has 27 heteroatoms. The van der Waals surface area contributed by atoms with Crippen molar-refractivity contribution in [3.63, 3.8) is 0 Å². The Morgan fingerprint density at radius 1 is 0.462 bits per heavy atom. The third-order valence-electron chi connectivity index (χ3n) is 9.36. The van der Waals surface area contributed by atoms with Crippen LogP contribution in [0.4, 0.5) is 87.8 Å². The number of rotatable bonds is 9. The van der Waals surface area contributed by atoms with Crippen molar-refractivity contribution in [2.75, 3.05) is 6.73 Å². The minimum atomic E-state index is -7.22. The maximum Gasteiger partial charge on any atom is 0.338 e. The van der Waals surface area contributed by atoms with Gasteiger partial charge in [-0.15, -0.1) is 21.9 Å². The summed E-state index contributed by atoms with van der Waals surface area (Å²) < 4.78 is 301. The summed E-state index contributed by atoms with van der Waals surface area (Å²) in [6, 6.07) is 13.3. The van der Waals surface area contributed by atoms with E-state index in [1.54, 1.807) is 24.5 Å². The molecule has 0 aliphatic carbocycles. The van der Waals surface area contributed by atoms with Crippen LogP contribution in [0.3, 0.4) is 0 Å². The summed E-state index contributed by atoms with van der Waals surface area (Å²) in [6.07, 6.45) is -3.61. The Hall–Kier alpha value is -7.31. The molecule has 0 fully saturated rings. The summed E-state index contributed by atoms with van der Waals surface area (Å²) in [5, 5.41) is 3.14. The van der Waals surface area contributed by atoms with Crippen molar-refractivity contribution in [3.05, 3.63) is 193 Å². The standard InChI is InChI=1S/C24BF20.C14H13N4O2/c26-5-1(6(27)14(35)21(42)13(5)34)25(2-7(28)15(36)22(43)16(37)8(2)29,3-9(30)17(38)23(44)18(39)10(3)31)4-11(32)19(40)24(45)20(41)12(4)33;15-17-16-11-20-14(19)13-6-8-18(9-7-13)10-12-4-2-1-3-5-12/h;1-9H,10-11H2/q-1;+1. The summed E-state index contributed by atoms with van der Waals surface area (Å²) in [5.74, 6) is -71.9. The molecule has 65 heavy (non-hydrogen) atoms. The van der Waals surface area contributed by atoms with Crippen molar-refractivity contribution in [3.8, 4) is 0 Å². The number of halogens is 20. The predicted octanol–water partition coefficient (Wildman–Crippen LogP) is 8.29. The minimum absolute atomic E-state index is 0.297. The van der Waals surface area contributed by atoms with Crippen molar-refractivity contribution >= 4 is 34.0 Å². The summed E-state index contributed by atoms with van der Waals surface area (Å²) in [4.78, 5) is 14.1. The number of hydrogen-bond acceptors (Lipinski definition) is 3. The molecule has 0 saturated carbocycles. The molecule has 6 rings (SSSR count). The summed E-state index contributed by atoms with van der Waals surface area (Å²) in [7, 11) is 0. The first-order valence-electron chi connectivity index (χ1n) is 16.9. The molecule has 0 unspecified atom stereocenters. The molecule has 6 aromatic rings. The molecule has 1 aromatic heterocycles. The Labute approximate surface area is 347 Å². The molecule has 0 aliphatic rings. The molecule has 5 aromatic carbocycles. The molecule has 0 N–H and O–H groups in total. The molecule has 1 heterocycles. The van der Waals surface area contributed by atoms with Gasteiger partial charge in [-0.05, 0) is 5.53 Å². The van der Waals surface area contributed by atoms with Gasteiger partial charge in [0.15, 0.2) is 95.5 Å². The van der Waals surface area contributed by atoms with E-state index < -0.39 is 150 Å². The normalized spacial score (nSPS) is 11.3. The lowest BCUT2D eigenvalue weighted by Crippen LogP contribution is -2.81. The quantitative estimate of drug-likeness (QED) is 0.0169. The lowest BCUT2D eigenvalue weighted by Gasteiger charge is -2.44. The lowest BCUT2D eigenvalue weighted by molar-refractivity contribution is -0.688. The van der Waals surface area contributed by atoms with Crippen LogP contribution in [0, 0.1) is 116 Å². The Morgan fingerprint density at radius 3 is 1.02 bits per heavy atom. The van der Waals surface area contributed by atoms with Gasteiger partial charge in [0.05, 0.1) is 5.56 Å². The van der Waals surface area contributed by atoms with Gasteiger partial charge in [-0.2, -0.15) is 0 Å². The number of hydrogen-bond donors (Lipinski definition) is 0. The zero-order valence-electron chi connectivity index (χ0n) is 30.9. The summed E-state index contributed by atoms with van der Waals surface area (Å²) in [5.41, 5.74) is -4.64. The number of carbonyl (C=O) groups is 1. The van der Waals surface area contributed by atoms with E-state index in [0.29, 0.717) is 5.56 Å². The third kappa shape index (κ3) is 8.21. The second kappa shape index (κ2) is 18.8. The molecule has 0 bridgehead atoms. The van der Waals surface area contributed by atoms with Crippen LogP contribution in [0.1, 0.15) is 15.9 Å². The molecule has 0 atom stereocenters. The summed E-state index contributed by atoms with van der Waals surface area (Å²) >= 11 is 0. The van der Waals surface area contributed by atoms with Crippen molar-refractivity contribution in [2.24, 2.45) is 5.11 Å². The van der Waals surface area contributed by atoms with E-state index in [9.17, 15) is 57.5 Å². The van der Waals surface area contributed by atoms with Crippen molar-refractivity contribution < 1.29 is 102 Å². The number of aromatic nitrogens is 1. The SMILES string of the molecule is Fc1c(F)c(F)c([B-](c2c(F)c(F)c(F)c(F)c2F)(c2c(F)c(F)c(F)c(F)c2F)c2c(F)c(F)c(F)c(F)c2F)c(F)c1F.[N-]=[N+]=NCOC(=O)c1cc[n+](Cc2ccccc2)cc1. The minimum Gasteiger partial charge on any atom is -0.456 e. The Balaban J connectivity index is 0.000000330. The van der Waals surface area contributed by atoms with Crippen LogP contribution in [0.5, 0.6) is 0 Å². The van der Waals surface area contributed by atoms with Gasteiger partial charge in [0.25, 0.3) is 0 Å². The summed E-state index contributed by atoms with van der Waals surface area (Å²) in [6.45, 7) is 0.434. The Kier molecular flexibility index (Phi) is 14.1. The maximum atomic E-state index is 15.4.